The van der Waals surface area contributed by atoms with Crippen LogP contribution in [0.3, 0.4) is 0 Å². The summed E-state index contributed by atoms with van der Waals surface area (Å²) in [7, 11) is 0. The Morgan fingerprint density at radius 1 is 0.875 bits per heavy atom. The third-order valence-corrected chi connectivity index (χ3v) is 3.81. The van der Waals surface area contributed by atoms with Gasteiger partial charge < -0.3 is 14.6 Å². The Hall–Kier alpha value is -2.62. The first-order chi connectivity index (χ1) is 11.6. The highest BCUT2D eigenvalue weighted by Crippen LogP contribution is 2.15. The van der Waals surface area contributed by atoms with Crippen molar-refractivity contribution in [1.82, 2.24) is 0 Å². The Labute approximate surface area is 142 Å². The van der Waals surface area contributed by atoms with Crippen LogP contribution in [-0.2, 0) is 6.42 Å². The maximum absolute atomic E-state index is 12.1. The number of esters is 1. The molecule has 4 heteroatoms. The zero-order valence-electron chi connectivity index (χ0n) is 13.8. The van der Waals surface area contributed by atoms with Gasteiger partial charge in [0.2, 0.25) is 0 Å². The van der Waals surface area contributed by atoms with E-state index in [2.05, 4.69) is 6.92 Å². The molecule has 0 amide bonds. The molecular weight excluding hydrogens is 304 g/mol. The van der Waals surface area contributed by atoms with Gasteiger partial charge in [0, 0.05) is 0 Å². The lowest BCUT2D eigenvalue weighted by Gasteiger charge is -2.07. The first-order valence-corrected chi connectivity index (χ1v) is 8.22. The average molecular weight is 325 g/mol. The number of benzene rings is 2. The van der Waals surface area contributed by atoms with Gasteiger partial charge in [-0.3, -0.25) is 0 Å². The second-order valence-corrected chi connectivity index (χ2v) is 5.71. The lowest BCUT2D eigenvalue weighted by molar-refractivity contribution is -0.255. The van der Waals surface area contributed by atoms with Crippen molar-refractivity contribution in [3.05, 3.63) is 65.2 Å². The summed E-state index contributed by atoms with van der Waals surface area (Å²) in [6.45, 7) is 2.19. The van der Waals surface area contributed by atoms with Crippen LogP contribution in [0.1, 0.15) is 58.9 Å². The minimum atomic E-state index is -1.26. The Bertz CT molecular complexity index is 672. The Morgan fingerprint density at radius 2 is 1.50 bits per heavy atom. The van der Waals surface area contributed by atoms with Crippen LogP contribution in [0.4, 0.5) is 0 Å². The average Bonchev–Trinajstić information content (AvgIpc) is 2.59. The van der Waals surface area contributed by atoms with Crippen molar-refractivity contribution in [2.75, 3.05) is 0 Å². The number of aromatic carboxylic acids is 1. The van der Waals surface area contributed by atoms with Gasteiger partial charge in [-0.2, -0.15) is 0 Å². The zero-order chi connectivity index (χ0) is 17.4. The van der Waals surface area contributed by atoms with Gasteiger partial charge in [0.1, 0.15) is 5.75 Å². The number of rotatable bonds is 8. The number of carboxylic acids is 1. The van der Waals surface area contributed by atoms with Crippen molar-refractivity contribution < 1.29 is 19.4 Å². The molecule has 126 valence electrons. The molecule has 0 aliphatic heterocycles. The fourth-order valence-corrected chi connectivity index (χ4v) is 2.39. The molecule has 0 saturated heterocycles. The molecule has 0 atom stereocenters. The van der Waals surface area contributed by atoms with E-state index in [1.165, 1.54) is 49.1 Å². The van der Waals surface area contributed by atoms with Crippen molar-refractivity contribution >= 4 is 11.9 Å². The van der Waals surface area contributed by atoms with E-state index in [0.29, 0.717) is 11.3 Å². The van der Waals surface area contributed by atoms with Crippen LogP contribution >= 0.6 is 0 Å². The fourth-order valence-electron chi connectivity index (χ4n) is 2.39. The number of carbonyl (C=O) groups excluding carboxylic acids is 2. The Balaban J connectivity index is 1.91. The molecule has 0 bridgehead atoms. The third kappa shape index (κ3) is 5.23. The maximum atomic E-state index is 12.1. The smallest absolute Gasteiger partial charge is 0.343 e. The van der Waals surface area contributed by atoms with Crippen LogP contribution in [0.5, 0.6) is 5.75 Å². The number of carbonyl (C=O) groups is 2. The summed E-state index contributed by atoms with van der Waals surface area (Å²) in [5.74, 6) is -1.43. The summed E-state index contributed by atoms with van der Waals surface area (Å²) < 4.78 is 5.24. The van der Waals surface area contributed by atoms with Gasteiger partial charge in [0.25, 0.3) is 0 Å². The fraction of sp³-hybridized carbons (Fsp3) is 0.300. The molecule has 0 aliphatic rings. The Morgan fingerprint density at radius 3 is 2.08 bits per heavy atom. The zero-order valence-corrected chi connectivity index (χ0v) is 13.8. The number of carboxylic acid groups (broad SMARTS) is 1. The molecule has 2 aromatic carbocycles. The van der Waals surface area contributed by atoms with Crippen LogP contribution < -0.4 is 9.84 Å². The van der Waals surface area contributed by atoms with Gasteiger partial charge in [-0.25, -0.2) is 4.79 Å². The van der Waals surface area contributed by atoms with E-state index in [1.54, 1.807) is 12.1 Å². The molecule has 0 spiro atoms. The summed E-state index contributed by atoms with van der Waals surface area (Å²) in [6, 6.07) is 13.0. The molecule has 0 saturated carbocycles. The Kier molecular flexibility index (Phi) is 6.55. The highest BCUT2D eigenvalue weighted by Gasteiger charge is 2.08. The molecule has 0 fully saturated rings. The molecule has 0 unspecified atom stereocenters. The summed E-state index contributed by atoms with van der Waals surface area (Å²) >= 11 is 0. The quantitative estimate of drug-likeness (QED) is 0.424. The van der Waals surface area contributed by atoms with Crippen LogP contribution in [-0.4, -0.2) is 11.9 Å². The molecule has 0 N–H and O–H groups in total. The van der Waals surface area contributed by atoms with E-state index in [-0.39, 0.29) is 5.56 Å². The molecule has 0 aliphatic carbocycles. The van der Waals surface area contributed by atoms with Gasteiger partial charge in [0.15, 0.2) is 0 Å². The van der Waals surface area contributed by atoms with E-state index >= 15 is 0 Å². The molecule has 0 heterocycles. The minimum absolute atomic E-state index is 0.0437. The van der Waals surface area contributed by atoms with Crippen LogP contribution in [0.15, 0.2) is 48.5 Å². The van der Waals surface area contributed by atoms with Crippen LogP contribution in [0.2, 0.25) is 0 Å². The summed E-state index contributed by atoms with van der Waals surface area (Å²) in [5.41, 5.74) is 1.72. The minimum Gasteiger partial charge on any atom is -0.545 e. The van der Waals surface area contributed by atoms with E-state index in [1.807, 2.05) is 12.1 Å². The molecule has 4 nitrogen and oxygen atoms in total. The third-order valence-electron chi connectivity index (χ3n) is 3.81. The van der Waals surface area contributed by atoms with Crippen molar-refractivity contribution in [3.63, 3.8) is 0 Å². The van der Waals surface area contributed by atoms with Crippen molar-refractivity contribution in [1.29, 1.82) is 0 Å². The lowest BCUT2D eigenvalue weighted by atomic mass is 10.0. The van der Waals surface area contributed by atoms with Gasteiger partial charge in [-0.1, -0.05) is 38.3 Å². The molecule has 2 aromatic rings. The molecule has 0 radical (unpaired) electrons. The summed E-state index contributed by atoms with van der Waals surface area (Å²) in [6.07, 6.45) is 5.86. The number of hydrogen-bond acceptors (Lipinski definition) is 4. The maximum Gasteiger partial charge on any atom is 0.343 e. The van der Waals surface area contributed by atoms with Gasteiger partial charge >= 0.3 is 5.97 Å². The number of ether oxygens (including phenoxy) is 1. The highest BCUT2D eigenvalue weighted by molar-refractivity contribution is 5.91. The monoisotopic (exact) mass is 325 g/mol. The first kappa shape index (κ1) is 17.7. The molecular formula is C20H21O4-. The van der Waals surface area contributed by atoms with Crippen LogP contribution in [0.25, 0.3) is 0 Å². The molecule has 24 heavy (non-hydrogen) atoms. The predicted molar refractivity (Wildman–Crippen MR) is 90.0 cm³/mol. The number of hydrogen-bond donors (Lipinski definition) is 0. The predicted octanol–water partition coefficient (Wildman–Crippen LogP) is 3.39. The second kappa shape index (κ2) is 8.87. The van der Waals surface area contributed by atoms with Crippen LogP contribution in [0, 0.1) is 0 Å². The van der Waals surface area contributed by atoms with Gasteiger partial charge in [-0.05, 0) is 60.4 Å². The lowest BCUT2D eigenvalue weighted by Crippen LogP contribution is -2.22. The summed E-state index contributed by atoms with van der Waals surface area (Å²) in [5, 5.41) is 10.7. The first-order valence-electron chi connectivity index (χ1n) is 8.22. The van der Waals surface area contributed by atoms with Gasteiger partial charge in [0.05, 0.1) is 11.5 Å². The van der Waals surface area contributed by atoms with Crippen molar-refractivity contribution in [2.24, 2.45) is 0 Å². The summed E-state index contributed by atoms with van der Waals surface area (Å²) in [4.78, 5) is 22.8. The normalized spacial score (nSPS) is 10.4. The largest absolute Gasteiger partial charge is 0.545 e. The molecule has 2 rings (SSSR count). The van der Waals surface area contributed by atoms with E-state index < -0.39 is 11.9 Å². The van der Waals surface area contributed by atoms with Gasteiger partial charge in [-0.15, -0.1) is 0 Å². The van der Waals surface area contributed by atoms with Crippen molar-refractivity contribution in [2.45, 2.75) is 39.0 Å². The topological polar surface area (TPSA) is 66.4 Å². The van der Waals surface area contributed by atoms with Crippen molar-refractivity contribution in [3.8, 4) is 5.75 Å². The van der Waals surface area contributed by atoms with E-state index in [0.717, 1.165) is 12.8 Å². The standard InChI is InChI=1S/C20H22O4/c1-2-3-4-5-6-15-7-9-17(10-8-15)20(23)24-18-13-11-16(12-14-18)19(21)22/h7-14H,2-6H2,1H3,(H,21,22)/p-1. The highest BCUT2D eigenvalue weighted by atomic mass is 16.5. The van der Waals surface area contributed by atoms with E-state index in [9.17, 15) is 14.7 Å². The second-order valence-electron chi connectivity index (χ2n) is 5.71. The number of aryl methyl sites for hydroxylation is 1. The SMILES string of the molecule is CCCCCCc1ccc(C(=O)Oc2ccc(C(=O)[O-])cc2)cc1. The molecule has 0 aromatic heterocycles. The number of unbranched alkanes of at least 4 members (excludes halogenated alkanes) is 3. The van der Waals surface area contributed by atoms with E-state index in [4.69, 9.17) is 4.74 Å².